The summed E-state index contributed by atoms with van der Waals surface area (Å²) in [5.41, 5.74) is 1.33. The highest BCUT2D eigenvalue weighted by atomic mass is 32.1. The van der Waals surface area contributed by atoms with Gasteiger partial charge in [-0.05, 0) is 78.1 Å². The molecule has 1 nitrogen and oxygen atoms in total. The van der Waals surface area contributed by atoms with Crippen molar-refractivity contribution in [1.82, 2.24) is 0 Å². The standard InChI is InChI=1S/C25H20F6OS/c26-20-11-17(7-10-23(20)32-25(29,30)31)24-21(27)12-18(13-22(24)28)16-3-1-14(2-4-16)15-5-8-19(33)9-6-15/h1-4,7,10-13,15,19,33H,5-6,8-9H2. The van der Waals surface area contributed by atoms with Gasteiger partial charge in [0.2, 0.25) is 0 Å². The van der Waals surface area contributed by atoms with Gasteiger partial charge in [0, 0.05) is 5.25 Å². The predicted molar refractivity (Wildman–Crippen MR) is 118 cm³/mol. The quantitative estimate of drug-likeness (QED) is 0.291. The fourth-order valence-electron chi connectivity index (χ4n) is 4.24. The largest absolute Gasteiger partial charge is 0.573 e. The van der Waals surface area contributed by atoms with Gasteiger partial charge >= 0.3 is 6.36 Å². The molecule has 0 atom stereocenters. The van der Waals surface area contributed by atoms with Crippen molar-refractivity contribution < 1.29 is 31.1 Å². The first-order valence-electron chi connectivity index (χ1n) is 10.4. The van der Waals surface area contributed by atoms with Crippen LogP contribution in [0.25, 0.3) is 22.3 Å². The van der Waals surface area contributed by atoms with Crippen LogP contribution in [-0.2, 0) is 0 Å². The number of alkyl halides is 3. The summed E-state index contributed by atoms with van der Waals surface area (Å²) in [6.45, 7) is 0. The van der Waals surface area contributed by atoms with Crippen LogP contribution < -0.4 is 4.74 Å². The highest BCUT2D eigenvalue weighted by Crippen LogP contribution is 2.37. The summed E-state index contributed by atoms with van der Waals surface area (Å²) in [5, 5.41) is 0.437. The van der Waals surface area contributed by atoms with E-state index in [1.807, 2.05) is 12.1 Å². The second kappa shape index (κ2) is 9.33. The van der Waals surface area contributed by atoms with E-state index in [1.54, 1.807) is 12.1 Å². The summed E-state index contributed by atoms with van der Waals surface area (Å²) < 4.78 is 84.1. The zero-order chi connectivity index (χ0) is 23.8. The van der Waals surface area contributed by atoms with Crippen molar-refractivity contribution in [1.29, 1.82) is 0 Å². The van der Waals surface area contributed by atoms with Crippen LogP contribution in [0.2, 0.25) is 0 Å². The van der Waals surface area contributed by atoms with Crippen molar-refractivity contribution in [2.24, 2.45) is 0 Å². The Bertz CT molecular complexity index is 1110. The summed E-state index contributed by atoms with van der Waals surface area (Å²) in [4.78, 5) is 0. The molecule has 0 N–H and O–H groups in total. The van der Waals surface area contributed by atoms with Gasteiger partial charge in [-0.1, -0.05) is 30.3 Å². The van der Waals surface area contributed by atoms with Crippen LogP contribution in [0.5, 0.6) is 5.75 Å². The second-order valence-corrected chi connectivity index (χ2v) is 8.87. The highest BCUT2D eigenvalue weighted by molar-refractivity contribution is 7.80. The lowest BCUT2D eigenvalue weighted by Gasteiger charge is -2.26. The van der Waals surface area contributed by atoms with E-state index in [-0.39, 0.29) is 5.56 Å². The molecule has 1 saturated carbocycles. The van der Waals surface area contributed by atoms with Gasteiger partial charge in [-0.15, -0.1) is 13.2 Å². The molecule has 0 bridgehead atoms. The minimum absolute atomic E-state index is 0.237. The van der Waals surface area contributed by atoms with Gasteiger partial charge in [0.15, 0.2) is 11.6 Å². The average Bonchev–Trinajstić information content (AvgIpc) is 2.75. The topological polar surface area (TPSA) is 9.23 Å². The summed E-state index contributed by atoms with van der Waals surface area (Å²) in [7, 11) is 0. The molecular weight excluding hydrogens is 462 g/mol. The molecule has 0 aromatic heterocycles. The Morgan fingerprint density at radius 3 is 1.79 bits per heavy atom. The van der Waals surface area contributed by atoms with Crippen LogP contribution >= 0.6 is 12.6 Å². The Labute approximate surface area is 192 Å². The zero-order valence-corrected chi connectivity index (χ0v) is 18.2. The van der Waals surface area contributed by atoms with E-state index in [0.29, 0.717) is 34.4 Å². The molecule has 0 heterocycles. The molecule has 1 aliphatic carbocycles. The number of ether oxygens (including phenoxy) is 1. The first kappa shape index (κ1) is 23.5. The molecule has 3 aromatic rings. The Hall–Kier alpha value is -2.61. The smallest absolute Gasteiger partial charge is 0.403 e. The molecular formula is C25H20F6OS. The molecule has 0 unspecified atom stereocenters. The van der Waals surface area contributed by atoms with E-state index >= 15 is 0 Å². The van der Waals surface area contributed by atoms with Gasteiger partial charge in [-0.3, -0.25) is 0 Å². The predicted octanol–water partition coefficient (Wildman–Crippen LogP) is 8.29. The third kappa shape index (κ3) is 5.49. The van der Waals surface area contributed by atoms with Crippen molar-refractivity contribution in [2.45, 2.75) is 43.2 Å². The lowest BCUT2D eigenvalue weighted by atomic mass is 9.83. The molecule has 174 valence electrons. The first-order valence-corrected chi connectivity index (χ1v) is 11.0. The fourth-order valence-corrected chi connectivity index (χ4v) is 4.53. The minimum Gasteiger partial charge on any atom is -0.403 e. The van der Waals surface area contributed by atoms with Crippen LogP contribution in [0.4, 0.5) is 26.3 Å². The van der Waals surface area contributed by atoms with Gasteiger partial charge in [-0.25, -0.2) is 13.2 Å². The van der Waals surface area contributed by atoms with Crippen molar-refractivity contribution in [2.75, 3.05) is 0 Å². The van der Waals surface area contributed by atoms with Gasteiger partial charge in [0.25, 0.3) is 0 Å². The third-order valence-electron chi connectivity index (χ3n) is 5.90. The molecule has 8 heteroatoms. The molecule has 3 aromatic carbocycles. The number of benzene rings is 3. The number of thiol groups is 1. The third-order valence-corrected chi connectivity index (χ3v) is 6.42. The lowest BCUT2D eigenvalue weighted by molar-refractivity contribution is -0.275. The van der Waals surface area contributed by atoms with E-state index in [1.165, 1.54) is 5.56 Å². The molecule has 1 aliphatic rings. The maximum Gasteiger partial charge on any atom is 0.573 e. The van der Waals surface area contributed by atoms with Gasteiger partial charge < -0.3 is 4.74 Å². The zero-order valence-electron chi connectivity index (χ0n) is 17.3. The van der Waals surface area contributed by atoms with Crippen molar-refractivity contribution in [3.05, 3.63) is 77.6 Å². The molecule has 1 fully saturated rings. The van der Waals surface area contributed by atoms with Crippen LogP contribution in [0.1, 0.15) is 37.2 Å². The number of rotatable bonds is 4. The fraction of sp³-hybridized carbons (Fsp3) is 0.280. The molecule has 0 saturated heterocycles. The molecule has 0 spiro atoms. The van der Waals surface area contributed by atoms with E-state index < -0.39 is 35.1 Å². The van der Waals surface area contributed by atoms with Crippen molar-refractivity contribution in [3.8, 4) is 28.0 Å². The molecule has 0 aliphatic heterocycles. The van der Waals surface area contributed by atoms with E-state index in [9.17, 15) is 26.3 Å². The summed E-state index contributed by atoms with van der Waals surface area (Å²) in [6, 6.07) is 12.0. The Kier molecular flexibility index (Phi) is 6.66. The normalized spacial score (nSPS) is 18.9. The van der Waals surface area contributed by atoms with Gasteiger partial charge in [0.1, 0.15) is 11.6 Å². The Morgan fingerprint density at radius 1 is 0.697 bits per heavy atom. The van der Waals surface area contributed by atoms with Crippen LogP contribution in [0.15, 0.2) is 54.6 Å². The molecule has 4 rings (SSSR count). The Morgan fingerprint density at radius 2 is 1.24 bits per heavy atom. The van der Waals surface area contributed by atoms with Crippen LogP contribution in [0.3, 0.4) is 0 Å². The number of hydrogen-bond acceptors (Lipinski definition) is 2. The number of hydrogen-bond donors (Lipinski definition) is 1. The highest BCUT2D eigenvalue weighted by Gasteiger charge is 2.32. The minimum atomic E-state index is -5.08. The second-order valence-electron chi connectivity index (χ2n) is 8.14. The molecule has 0 radical (unpaired) electrons. The Balaban J connectivity index is 1.58. The van der Waals surface area contributed by atoms with Crippen LogP contribution in [0, 0.1) is 17.5 Å². The maximum atomic E-state index is 14.8. The summed E-state index contributed by atoms with van der Waals surface area (Å²) in [5.74, 6) is -3.92. The average molecular weight is 482 g/mol. The lowest BCUT2D eigenvalue weighted by Crippen LogP contribution is -2.17. The monoisotopic (exact) mass is 482 g/mol. The van der Waals surface area contributed by atoms with Crippen LogP contribution in [-0.4, -0.2) is 11.6 Å². The summed E-state index contributed by atoms with van der Waals surface area (Å²) in [6.07, 6.45) is -0.875. The van der Waals surface area contributed by atoms with Crippen molar-refractivity contribution >= 4 is 12.6 Å². The van der Waals surface area contributed by atoms with Gasteiger partial charge in [-0.2, -0.15) is 12.6 Å². The SMILES string of the molecule is Fc1cc(-c2c(F)cc(-c3ccc(C4CCC(S)CC4)cc3)cc2F)ccc1OC(F)(F)F. The number of halogens is 6. The van der Waals surface area contributed by atoms with Gasteiger partial charge in [0.05, 0.1) is 5.56 Å². The maximum absolute atomic E-state index is 14.8. The van der Waals surface area contributed by atoms with E-state index in [2.05, 4.69) is 17.4 Å². The molecule has 33 heavy (non-hydrogen) atoms. The first-order chi connectivity index (χ1) is 15.6. The van der Waals surface area contributed by atoms with E-state index in [0.717, 1.165) is 43.9 Å². The molecule has 0 amide bonds. The van der Waals surface area contributed by atoms with Crippen molar-refractivity contribution in [3.63, 3.8) is 0 Å². The van der Waals surface area contributed by atoms with E-state index in [4.69, 9.17) is 0 Å². The summed E-state index contributed by atoms with van der Waals surface area (Å²) >= 11 is 4.52.